The van der Waals surface area contributed by atoms with Gasteiger partial charge in [0.1, 0.15) is 11.9 Å². The molecule has 5 nitrogen and oxygen atoms in total. The highest BCUT2D eigenvalue weighted by atomic mass is 16.6. The van der Waals surface area contributed by atoms with Crippen LogP contribution in [0.5, 0.6) is 5.75 Å². The minimum Gasteiger partial charge on any atom is -0.487 e. The number of fused-ring (bicyclic) bond motifs is 1. The van der Waals surface area contributed by atoms with Gasteiger partial charge in [-0.3, -0.25) is 10.1 Å². The molecule has 1 aromatic rings. The third kappa shape index (κ3) is 1.86. The summed E-state index contributed by atoms with van der Waals surface area (Å²) in [5.74, 6) is 0.808. The summed E-state index contributed by atoms with van der Waals surface area (Å²) in [6.45, 7) is 1.93. The Morgan fingerprint density at radius 2 is 2.38 bits per heavy atom. The van der Waals surface area contributed by atoms with Crippen molar-refractivity contribution in [3.8, 4) is 5.75 Å². The molecular weight excluding hydrogens is 210 g/mol. The Hall–Kier alpha value is -1.62. The Bertz CT molecular complexity index is 418. The second-order valence-electron chi connectivity index (χ2n) is 4.07. The summed E-state index contributed by atoms with van der Waals surface area (Å²) in [6.07, 6.45) is 0.483. The van der Waals surface area contributed by atoms with Crippen molar-refractivity contribution in [2.75, 3.05) is 6.61 Å². The SMILES string of the molecule is C[C@@H]1Cc2cc([N+](=O)[O-])ccc2O[C@H]1CO. The first-order chi connectivity index (χ1) is 7.61. The highest BCUT2D eigenvalue weighted by Crippen LogP contribution is 2.33. The average Bonchev–Trinajstić information content (AvgIpc) is 2.27. The topological polar surface area (TPSA) is 72.6 Å². The lowest BCUT2D eigenvalue weighted by molar-refractivity contribution is -0.385. The fraction of sp³-hybridized carbons (Fsp3) is 0.455. The summed E-state index contributed by atoms with van der Waals surface area (Å²) >= 11 is 0. The van der Waals surface area contributed by atoms with Crippen LogP contribution in [0.15, 0.2) is 18.2 Å². The van der Waals surface area contributed by atoms with E-state index in [1.54, 1.807) is 12.1 Å². The summed E-state index contributed by atoms with van der Waals surface area (Å²) in [5.41, 5.74) is 0.920. The van der Waals surface area contributed by atoms with Crippen LogP contribution >= 0.6 is 0 Å². The maximum Gasteiger partial charge on any atom is 0.269 e. The fourth-order valence-corrected chi connectivity index (χ4v) is 1.93. The lowest BCUT2D eigenvalue weighted by Gasteiger charge is -2.30. The van der Waals surface area contributed by atoms with Gasteiger partial charge in [0.05, 0.1) is 11.5 Å². The van der Waals surface area contributed by atoms with E-state index < -0.39 is 4.92 Å². The van der Waals surface area contributed by atoms with Crippen LogP contribution in [-0.2, 0) is 6.42 Å². The van der Waals surface area contributed by atoms with Gasteiger partial charge in [-0.05, 0) is 18.4 Å². The van der Waals surface area contributed by atoms with E-state index in [0.29, 0.717) is 12.2 Å². The van der Waals surface area contributed by atoms with Crippen molar-refractivity contribution < 1.29 is 14.8 Å². The molecule has 0 saturated carbocycles. The first-order valence-corrected chi connectivity index (χ1v) is 5.16. The van der Waals surface area contributed by atoms with Gasteiger partial charge >= 0.3 is 0 Å². The number of nitro benzene ring substituents is 1. The lowest BCUT2D eigenvalue weighted by Crippen LogP contribution is -2.34. The monoisotopic (exact) mass is 223 g/mol. The fourth-order valence-electron chi connectivity index (χ4n) is 1.93. The molecular formula is C11H13NO4. The van der Waals surface area contributed by atoms with E-state index >= 15 is 0 Å². The zero-order chi connectivity index (χ0) is 11.7. The lowest BCUT2D eigenvalue weighted by atomic mass is 9.92. The molecule has 1 aromatic carbocycles. The predicted molar refractivity (Wildman–Crippen MR) is 57.5 cm³/mol. The van der Waals surface area contributed by atoms with Crippen LogP contribution in [0.1, 0.15) is 12.5 Å². The van der Waals surface area contributed by atoms with Gasteiger partial charge < -0.3 is 9.84 Å². The third-order valence-electron chi connectivity index (χ3n) is 2.89. The molecule has 86 valence electrons. The average molecular weight is 223 g/mol. The number of non-ortho nitro benzene ring substituents is 1. The van der Waals surface area contributed by atoms with Gasteiger partial charge in [0.25, 0.3) is 5.69 Å². The summed E-state index contributed by atoms with van der Waals surface area (Å²) in [6, 6.07) is 4.56. The van der Waals surface area contributed by atoms with Crippen LogP contribution in [0.25, 0.3) is 0 Å². The second kappa shape index (κ2) is 4.09. The van der Waals surface area contributed by atoms with E-state index in [2.05, 4.69) is 0 Å². The Kier molecular flexibility index (Phi) is 2.78. The number of hydrogen-bond acceptors (Lipinski definition) is 4. The highest BCUT2D eigenvalue weighted by molar-refractivity contribution is 5.45. The van der Waals surface area contributed by atoms with Crippen LogP contribution in [-0.4, -0.2) is 22.7 Å². The minimum atomic E-state index is -0.414. The molecule has 0 amide bonds. The predicted octanol–water partition coefficient (Wildman–Crippen LogP) is 1.53. The number of hydrogen-bond donors (Lipinski definition) is 1. The Morgan fingerprint density at radius 1 is 1.62 bits per heavy atom. The number of benzene rings is 1. The number of aliphatic hydroxyl groups excluding tert-OH is 1. The van der Waals surface area contributed by atoms with E-state index in [1.165, 1.54) is 6.07 Å². The summed E-state index contributed by atoms with van der Waals surface area (Å²) in [4.78, 5) is 10.2. The second-order valence-corrected chi connectivity index (χ2v) is 4.07. The summed E-state index contributed by atoms with van der Waals surface area (Å²) < 4.78 is 5.56. The van der Waals surface area contributed by atoms with Gasteiger partial charge in [0.2, 0.25) is 0 Å². The van der Waals surface area contributed by atoms with Crippen LogP contribution in [0.4, 0.5) is 5.69 Å². The summed E-state index contributed by atoms with van der Waals surface area (Å²) in [7, 11) is 0. The molecule has 0 aromatic heterocycles. The molecule has 1 N–H and O–H groups in total. The quantitative estimate of drug-likeness (QED) is 0.609. The van der Waals surface area contributed by atoms with Gasteiger partial charge in [-0.15, -0.1) is 0 Å². The molecule has 1 aliphatic rings. The number of nitrogens with zero attached hydrogens (tertiary/aromatic N) is 1. The molecule has 5 heteroatoms. The number of ether oxygens (including phenoxy) is 1. The van der Waals surface area contributed by atoms with Crippen LogP contribution in [0, 0.1) is 16.0 Å². The van der Waals surface area contributed by atoms with Crippen molar-refractivity contribution >= 4 is 5.69 Å². The smallest absolute Gasteiger partial charge is 0.269 e. The molecule has 0 fully saturated rings. The number of aliphatic hydroxyl groups is 1. The van der Waals surface area contributed by atoms with Crippen LogP contribution < -0.4 is 4.74 Å². The molecule has 1 heterocycles. The standard InChI is InChI=1S/C11H13NO4/c1-7-4-8-5-9(12(14)15)2-3-10(8)16-11(7)6-13/h2-3,5,7,11,13H,4,6H2,1H3/t7-,11+/m1/s1. The van der Waals surface area contributed by atoms with Gasteiger partial charge in [-0.25, -0.2) is 0 Å². The zero-order valence-electron chi connectivity index (χ0n) is 8.92. The van der Waals surface area contributed by atoms with E-state index in [0.717, 1.165) is 5.56 Å². The molecule has 0 bridgehead atoms. The van der Waals surface area contributed by atoms with E-state index in [4.69, 9.17) is 9.84 Å². The van der Waals surface area contributed by atoms with Crippen molar-refractivity contribution in [2.45, 2.75) is 19.4 Å². The molecule has 1 aliphatic heterocycles. The van der Waals surface area contributed by atoms with E-state index in [1.807, 2.05) is 6.92 Å². The largest absolute Gasteiger partial charge is 0.487 e. The van der Waals surface area contributed by atoms with Gasteiger partial charge in [0, 0.05) is 17.7 Å². The molecule has 2 rings (SSSR count). The zero-order valence-corrected chi connectivity index (χ0v) is 8.92. The number of nitro groups is 1. The molecule has 0 unspecified atom stereocenters. The number of rotatable bonds is 2. The van der Waals surface area contributed by atoms with Gasteiger partial charge in [0.15, 0.2) is 0 Å². The molecule has 0 aliphatic carbocycles. The molecule has 16 heavy (non-hydrogen) atoms. The first-order valence-electron chi connectivity index (χ1n) is 5.16. The van der Waals surface area contributed by atoms with Crippen molar-refractivity contribution in [3.63, 3.8) is 0 Å². The van der Waals surface area contributed by atoms with Gasteiger partial charge in [-0.2, -0.15) is 0 Å². The minimum absolute atomic E-state index is 0.0302. The van der Waals surface area contributed by atoms with Crippen molar-refractivity contribution in [1.82, 2.24) is 0 Å². The molecule has 0 radical (unpaired) electrons. The Labute approximate surface area is 92.8 Å². The highest BCUT2D eigenvalue weighted by Gasteiger charge is 2.27. The van der Waals surface area contributed by atoms with Crippen molar-refractivity contribution in [3.05, 3.63) is 33.9 Å². The first kappa shape index (κ1) is 10.9. The van der Waals surface area contributed by atoms with Crippen LogP contribution in [0.2, 0.25) is 0 Å². The van der Waals surface area contributed by atoms with E-state index in [9.17, 15) is 10.1 Å². The molecule has 2 atom stereocenters. The molecule has 0 spiro atoms. The Morgan fingerprint density at radius 3 is 3.00 bits per heavy atom. The van der Waals surface area contributed by atoms with E-state index in [-0.39, 0.29) is 24.3 Å². The Balaban J connectivity index is 2.32. The summed E-state index contributed by atoms with van der Waals surface area (Å²) in [5, 5.41) is 19.7. The van der Waals surface area contributed by atoms with Gasteiger partial charge in [-0.1, -0.05) is 6.92 Å². The molecule has 0 saturated heterocycles. The van der Waals surface area contributed by atoms with Crippen molar-refractivity contribution in [1.29, 1.82) is 0 Å². The van der Waals surface area contributed by atoms with Crippen LogP contribution in [0.3, 0.4) is 0 Å². The maximum atomic E-state index is 10.6. The maximum absolute atomic E-state index is 10.6. The third-order valence-corrected chi connectivity index (χ3v) is 2.89. The van der Waals surface area contributed by atoms with Crippen molar-refractivity contribution in [2.24, 2.45) is 5.92 Å². The normalized spacial score (nSPS) is 23.4.